The van der Waals surface area contributed by atoms with Crippen LogP contribution in [-0.4, -0.2) is 19.5 Å². The average molecular weight is 515 g/mol. The highest BCUT2D eigenvalue weighted by atomic mass is 32.2. The molecular formula is C29H23FN2O4S. The molecule has 1 aliphatic heterocycles. The van der Waals surface area contributed by atoms with E-state index in [2.05, 4.69) is 5.16 Å². The summed E-state index contributed by atoms with van der Waals surface area (Å²) in [6.07, 6.45) is 0.0259. The van der Waals surface area contributed by atoms with Crippen LogP contribution in [-0.2, 0) is 20.2 Å². The first-order valence-electron chi connectivity index (χ1n) is 11.5. The molecule has 0 bridgehead atoms. The topological polar surface area (TPSA) is 102 Å². The van der Waals surface area contributed by atoms with Gasteiger partial charge in [0.1, 0.15) is 11.6 Å². The maximum Gasteiger partial charge on any atom is 0.206 e. The lowest BCUT2D eigenvalue weighted by molar-refractivity contribution is 0.101. The number of ether oxygens (including phenoxy) is 1. The Morgan fingerprint density at radius 2 is 1.38 bits per heavy atom. The van der Waals surface area contributed by atoms with E-state index in [0.29, 0.717) is 11.1 Å². The maximum absolute atomic E-state index is 14.0. The summed E-state index contributed by atoms with van der Waals surface area (Å²) in [5.41, 5.74) is 7.13. The number of hydrogen-bond acceptors (Lipinski definition) is 5. The molecule has 1 aliphatic rings. The van der Waals surface area contributed by atoms with Crippen LogP contribution in [0.3, 0.4) is 0 Å². The van der Waals surface area contributed by atoms with Crippen molar-refractivity contribution in [1.82, 2.24) is 0 Å². The summed E-state index contributed by atoms with van der Waals surface area (Å²) >= 11 is 0. The molecule has 0 radical (unpaired) electrons. The van der Waals surface area contributed by atoms with Gasteiger partial charge in [-0.3, -0.25) is 0 Å². The first-order valence-corrected chi connectivity index (χ1v) is 13.0. The van der Waals surface area contributed by atoms with Crippen molar-refractivity contribution < 1.29 is 22.8 Å². The van der Waals surface area contributed by atoms with Crippen LogP contribution < -0.4 is 5.73 Å². The quantitative estimate of drug-likeness (QED) is 0.118. The fourth-order valence-electron chi connectivity index (χ4n) is 4.52. The third-order valence-electron chi connectivity index (χ3n) is 6.42. The second kappa shape index (κ2) is 9.55. The van der Waals surface area contributed by atoms with E-state index >= 15 is 0 Å². The fourth-order valence-corrected chi connectivity index (χ4v) is 6.10. The first kappa shape index (κ1) is 24.3. The number of amidine groups is 1. The Morgan fingerprint density at radius 1 is 0.838 bits per heavy atom. The molecule has 37 heavy (non-hydrogen) atoms. The first-order chi connectivity index (χ1) is 17.8. The van der Waals surface area contributed by atoms with Gasteiger partial charge < -0.3 is 15.7 Å². The molecule has 8 heteroatoms. The molecule has 0 unspecified atom stereocenters. The van der Waals surface area contributed by atoms with Crippen LogP contribution in [0.1, 0.15) is 28.7 Å². The summed E-state index contributed by atoms with van der Waals surface area (Å²) < 4.78 is 48.3. The van der Waals surface area contributed by atoms with E-state index in [0.717, 1.165) is 23.3 Å². The van der Waals surface area contributed by atoms with Gasteiger partial charge in [-0.15, -0.1) is 0 Å². The minimum absolute atomic E-state index is 0.0259. The van der Waals surface area contributed by atoms with Gasteiger partial charge in [0.2, 0.25) is 9.84 Å². The van der Waals surface area contributed by atoms with E-state index in [1.165, 1.54) is 12.1 Å². The number of sulfone groups is 1. The van der Waals surface area contributed by atoms with Crippen molar-refractivity contribution in [3.63, 3.8) is 0 Å². The predicted octanol–water partition coefficient (Wildman–Crippen LogP) is 5.43. The molecule has 0 amide bonds. The number of oxime groups is 1. The van der Waals surface area contributed by atoms with Crippen LogP contribution in [0.15, 0.2) is 124 Å². The summed E-state index contributed by atoms with van der Waals surface area (Å²) in [5, 5.41) is 12.0. The molecule has 0 aromatic heterocycles. The lowest BCUT2D eigenvalue weighted by atomic mass is 9.84. The van der Waals surface area contributed by atoms with Crippen LogP contribution in [0.25, 0.3) is 5.76 Å². The smallest absolute Gasteiger partial charge is 0.206 e. The lowest BCUT2D eigenvalue weighted by Crippen LogP contribution is -2.27. The number of rotatable bonds is 6. The van der Waals surface area contributed by atoms with Crippen LogP contribution >= 0.6 is 0 Å². The molecule has 0 spiro atoms. The second-order valence-corrected chi connectivity index (χ2v) is 10.6. The Kier molecular flexibility index (Phi) is 6.27. The summed E-state index contributed by atoms with van der Waals surface area (Å²) in [4.78, 5) is 0.0403. The summed E-state index contributed by atoms with van der Waals surface area (Å²) in [5.74, 6) is -0.421. The van der Waals surface area contributed by atoms with Gasteiger partial charge in [0.15, 0.2) is 11.4 Å². The molecular weight excluding hydrogens is 491 g/mol. The Hall–Kier alpha value is -4.43. The minimum atomic E-state index is -4.07. The highest BCUT2D eigenvalue weighted by molar-refractivity contribution is 7.95. The fraction of sp³-hybridized carbons (Fsp3) is 0.0690. The third kappa shape index (κ3) is 4.36. The van der Waals surface area contributed by atoms with E-state index < -0.39 is 21.3 Å². The van der Waals surface area contributed by atoms with Crippen molar-refractivity contribution in [2.24, 2.45) is 10.9 Å². The molecule has 6 nitrogen and oxygen atoms in total. The standard InChI is InChI=1S/C29H23FN2O4S/c30-24-15-17-25(18-16-24)37(34,35)26-19-29(22-7-3-1-4-8-22,23-9-5-2-6-10-23)36-27(26)20-11-13-21(14-12-20)28(31)32-33/h1-18,33H,19H2,(H2,31,32). The largest absolute Gasteiger partial charge is 0.476 e. The van der Waals surface area contributed by atoms with Gasteiger partial charge in [0.05, 0.1) is 9.80 Å². The normalized spacial score (nSPS) is 15.4. The third-order valence-corrected chi connectivity index (χ3v) is 8.29. The molecule has 0 saturated heterocycles. The van der Waals surface area contributed by atoms with E-state index in [4.69, 9.17) is 15.7 Å². The summed E-state index contributed by atoms with van der Waals surface area (Å²) in [7, 11) is -4.07. The molecule has 0 saturated carbocycles. The molecule has 0 atom stereocenters. The Labute approximate surface area is 214 Å². The Balaban J connectivity index is 1.73. The molecule has 0 fully saturated rings. The van der Waals surface area contributed by atoms with E-state index in [1.807, 2.05) is 60.7 Å². The van der Waals surface area contributed by atoms with Crippen molar-refractivity contribution in [2.45, 2.75) is 16.9 Å². The van der Waals surface area contributed by atoms with Gasteiger partial charge in [-0.2, -0.15) is 0 Å². The van der Waals surface area contributed by atoms with E-state index in [9.17, 15) is 12.8 Å². The zero-order valence-electron chi connectivity index (χ0n) is 19.6. The van der Waals surface area contributed by atoms with Gasteiger partial charge >= 0.3 is 0 Å². The zero-order chi connectivity index (χ0) is 26.0. The van der Waals surface area contributed by atoms with E-state index in [1.54, 1.807) is 24.3 Å². The molecule has 1 heterocycles. The molecule has 0 aliphatic carbocycles. The number of nitrogens with two attached hydrogens (primary N) is 1. The Bertz CT molecular complexity index is 1540. The second-order valence-electron chi connectivity index (χ2n) is 8.61. The van der Waals surface area contributed by atoms with Crippen LogP contribution in [0.5, 0.6) is 0 Å². The van der Waals surface area contributed by atoms with Gasteiger partial charge in [0, 0.05) is 28.7 Å². The van der Waals surface area contributed by atoms with Crippen molar-refractivity contribution >= 4 is 21.4 Å². The van der Waals surface area contributed by atoms with Gasteiger partial charge in [0.25, 0.3) is 0 Å². The summed E-state index contributed by atoms with van der Waals surface area (Å²) in [6, 6.07) is 30.2. The Morgan fingerprint density at radius 3 is 1.89 bits per heavy atom. The SMILES string of the molecule is NC(=NO)c1ccc(C2=C(S(=O)(=O)c3ccc(F)cc3)CC(c3ccccc3)(c3ccccc3)O2)cc1. The molecule has 5 rings (SSSR count). The monoisotopic (exact) mass is 514 g/mol. The minimum Gasteiger partial charge on any atom is -0.476 e. The van der Waals surface area contributed by atoms with Crippen LogP contribution in [0.2, 0.25) is 0 Å². The van der Waals surface area contributed by atoms with Crippen molar-refractivity contribution in [3.05, 3.63) is 142 Å². The lowest BCUT2D eigenvalue weighted by Gasteiger charge is -2.31. The highest BCUT2D eigenvalue weighted by Crippen LogP contribution is 2.52. The maximum atomic E-state index is 14.0. The number of benzene rings is 4. The predicted molar refractivity (Wildman–Crippen MR) is 139 cm³/mol. The zero-order valence-corrected chi connectivity index (χ0v) is 20.4. The number of hydrogen-bond donors (Lipinski definition) is 2. The summed E-state index contributed by atoms with van der Waals surface area (Å²) in [6.45, 7) is 0. The number of nitrogens with zero attached hydrogens (tertiary/aromatic N) is 1. The van der Waals surface area contributed by atoms with Crippen molar-refractivity contribution in [2.75, 3.05) is 0 Å². The van der Waals surface area contributed by atoms with Crippen molar-refractivity contribution in [1.29, 1.82) is 0 Å². The molecule has 186 valence electrons. The highest BCUT2D eigenvalue weighted by Gasteiger charge is 2.48. The van der Waals surface area contributed by atoms with Crippen LogP contribution in [0.4, 0.5) is 4.39 Å². The van der Waals surface area contributed by atoms with Gasteiger partial charge in [-0.05, 0) is 24.3 Å². The number of halogens is 1. The van der Waals surface area contributed by atoms with E-state index in [-0.39, 0.29) is 27.8 Å². The van der Waals surface area contributed by atoms with Gasteiger partial charge in [-0.25, -0.2) is 12.8 Å². The molecule has 4 aromatic carbocycles. The van der Waals surface area contributed by atoms with Crippen LogP contribution in [0, 0.1) is 5.82 Å². The van der Waals surface area contributed by atoms with Crippen molar-refractivity contribution in [3.8, 4) is 0 Å². The molecule has 4 aromatic rings. The van der Waals surface area contributed by atoms with Gasteiger partial charge in [-0.1, -0.05) is 90.1 Å². The molecule has 3 N–H and O–H groups in total. The average Bonchev–Trinajstić information content (AvgIpc) is 3.37.